The molecule has 1 fully saturated rings. The summed E-state index contributed by atoms with van der Waals surface area (Å²) in [6.07, 6.45) is 6.91. The van der Waals surface area contributed by atoms with Crippen LogP contribution in [-0.2, 0) is 16.4 Å². The first kappa shape index (κ1) is 18.4. The van der Waals surface area contributed by atoms with Crippen molar-refractivity contribution >= 4 is 39.2 Å². The Labute approximate surface area is 172 Å². The maximum Gasteiger partial charge on any atom is 0.253 e. The predicted octanol–water partition coefficient (Wildman–Crippen LogP) is 3.34. The zero-order valence-electron chi connectivity index (χ0n) is 15.1. The molecule has 2 aliphatic heterocycles. The van der Waals surface area contributed by atoms with Crippen molar-refractivity contribution in [1.29, 1.82) is 0 Å². The Morgan fingerprint density at radius 1 is 1.21 bits per heavy atom. The van der Waals surface area contributed by atoms with Gasteiger partial charge in [0.2, 0.25) is 15.2 Å². The van der Waals surface area contributed by atoms with Crippen molar-refractivity contribution in [2.45, 2.75) is 47.8 Å². The Morgan fingerprint density at radius 2 is 2.00 bits per heavy atom. The number of benzene rings is 1. The van der Waals surface area contributed by atoms with Crippen molar-refractivity contribution in [2.24, 2.45) is 0 Å². The van der Waals surface area contributed by atoms with Crippen molar-refractivity contribution in [3.05, 3.63) is 46.7 Å². The Kier molecular flexibility index (Phi) is 4.38. The monoisotopic (exact) mass is 435 g/mol. The highest BCUT2D eigenvalue weighted by Crippen LogP contribution is 2.44. The number of aromatic nitrogens is 4. The molecule has 10 heteroatoms. The van der Waals surface area contributed by atoms with E-state index in [1.165, 1.54) is 11.8 Å². The van der Waals surface area contributed by atoms with Gasteiger partial charge in [-0.3, -0.25) is 0 Å². The van der Waals surface area contributed by atoms with Gasteiger partial charge in [0.15, 0.2) is 0 Å². The van der Waals surface area contributed by atoms with Crippen LogP contribution in [0.1, 0.15) is 36.6 Å². The third-order valence-corrected chi connectivity index (χ3v) is 8.29. The highest BCUT2D eigenvalue weighted by molar-refractivity contribution is 7.98. The molecular formula is C18H18ClN5O2S2. The van der Waals surface area contributed by atoms with Crippen LogP contribution in [0.2, 0.25) is 5.02 Å². The van der Waals surface area contributed by atoms with Crippen molar-refractivity contribution < 1.29 is 8.42 Å². The molecule has 2 aromatic heterocycles. The number of thioether (sulfide) groups is 1. The molecule has 2 bridgehead atoms. The van der Waals surface area contributed by atoms with Crippen LogP contribution in [0.5, 0.6) is 0 Å². The number of rotatable bonds is 3. The fraction of sp³-hybridized carbons (Fsp3) is 0.389. The summed E-state index contributed by atoms with van der Waals surface area (Å²) < 4.78 is 30.4. The van der Waals surface area contributed by atoms with E-state index >= 15 is 0 Å². The summed E-state index contributed by atoms with van der Waals surface area (Å²) in [6.45, 7) is 0. The maximum absolute atomic E-state index is 13.5. The van der Waals surface area contributed by atoms with Crippen LogP contribution in [0.3, 0.4) is 0 Å². The van der Waals surface area contributed by atoms with Crippen LogP contribution < -0.4 is 0 Å². The first-order valence-electron chi connectivity index (χ1n) is 9.06. The first-order chi connectivity index (χ1) is 13.5. The minimum absolute atomic E-state index is 0.0977. The number of piperidine rings is 1. The quantitative estimate of drug-likeness (QED) is 0.587. The summed E-state index contributed by atoms with van der Waals surface area (Å²) in [5.41, 5.74) is 1.95. The van der Waals surface area contributed by atoms with E-state index in [9.17, 15) is 8.42 Å². The number of halogens is 1. The smallest absolute Gasteiger partial charge is 0.219 e. The van der Waals surface area contributed by atoms with Crippen LogP contribution in [0, 0.1) is 0 Å². The molecule has 1 aromatic carbocycles. The standard InChI is InChI=1S/C18H18ClN5O2S2/c1-27-18-21-17-20-10-14-15-4-2-3-12(9-16(14)23(17)22-18)24(15)28(25,26)13-7-5-11(19)6-8-13/h5-8,10,12,15H,2-4,9H2,1H3. The molecule has 0 N–H and O–H groups in total. The van der Waals surface area contributed by atoms with Gasteiger partial charge < -0.3 is 0 Å². The summed E-state index contributed by atoms with van der Waals surface area (Å²) in [7, 11) is -3.64. The van der Waals surface area contributed by atoms with E-state index in [0.29, 0.717) is 22.4 Å². The second kappa shape index (κ2) is 6.69. The van der Waals surface area contributed by atoms with Gasteiger partial charge in [-0.25, -0.2) is 13.4 Å². The SMILES string of the molecule is CSc1nc2ncc3c(n2n1)CC1CCCC3N1S(=O)(=O)c1ccc(Cl)cc1. The van der Waals surface area contributed by atoms with Crippen molar-refractivity contribution in [3.8, 4) is 0 Å². The van der Waals surface area contributed by atoms with Crippen molar-refractivity contribution in [3.63, 3.8) is 0 Å². The van der Waals surface area contributed by atoms with Gasteiger partial charge in [0.1, 0.15) is 0 Å². The van der Waals surface area contributed by atoms with Gasteiger partial charge >= 0.3 is 0 Å². The molecule has 7 nitrogen and oxygen atoms in total. The molecule has 28 heavy (non-hydrogen) atoms. The molecule has 5 rings (SSSR count). The lowest BCUT2D eigenvalue weighted by Gasteiger charge is -2.45. The fourth-order valence-electron chi connectivity index (χ4n) is 4.30. The number of nitrogens with zero attached hydrogens (tertiary/aromatic N) is 5. The molecule has 2 aliphatic rings. The summed E-state index contributed by atoms with van der Waals surface area (Å²) in [5.74, 6) is 0.565. The highest BCUT2D eigenvalue weighted by atomic mass is 35.5. The van der Waals surface area contributed by atoms with Crippen molar-refractivity contribution in [2.75, 3.05) is 6.26 Å². The number of sulfonamides is 1. The highest BCUT2D eigenvalue weighted by Gasteiger charge is 2.45. The second-order valence-corrected chi connectivity index (χ2v) is 10.1. The molecular weight excluding hydrogens is 418 g/mol. The van der Waals surface area contributed by atoms with Gasteiger partial charge in [-0.1, -0.05) is 23.4 Å². The first-order valence-corrected chi connectivity index (χ1v) is 12.1. The number of hydrogen-bond donors (Lipinski definition) is 0. The Morgan fingerprint density at radius 3 is 2.75 bits per heavy atom. The van der Waals surface area contributed by atoms with E-state index < -0.39 is 10.0 Å². The van der Waals surface area contributed by atoms with Crippen LogP contribution >= 0.6 is 23.4 Å². The van der Waals surface area contributed by atoms with Gasteiger partial charge in [-0.2, -0.15) is 13.8 Å². The minimum atomic E-state index is -3.64. The molecule has 3 aromatic rings. The molecule has 0 radical (unpaired) electrons. The Bertz CT molecular complexity index is 1160. The van der Waals surface area contributed by atoms with Crippen LogP contribution in [0.4, 0.5) is 0 Å². The molecule has 0 spiro atoms. The van der Waals surface area contributed by atoms with Gasteiger partial charge in [-0.15, -0.1) is 5.10 Å². The summed E-state index contributed by atoms with van der Waals surface area (Å²) in [6, 6.07) is 6.06. The number of hydrogen-bond acceptors (Lipinski definition) is 6. The average Bonchev–Trinajstić information content (AvgIpc) is 3.12. The van der Waals surface area contributed by atoms with E-state index in [2.05, 4.69) is 15.1 Å². The van der Waals surface area contributed by atoms with Crippen LogP contribution in [0.25, 0.3) is 5.78 Å². The third kappa shape index (κ3) is 2.75. The summed E-state index contributed by atoms with van der Waals surface area (Å²) >= 11 is 7.42. The molecule has 1 saturated heterocycles. The molecule has 0 saturated carbocycles. The fourth-order valence-corrected chi connectivity index (χ4v) is 6.61. The molecule has 2 unspecified atom stereocenters. The van der Waals surface area contributed by atoms with Crippen molar-refractivity contribution in [1.82, 2.24) is 23.9 Å². The Hall–Kier alpha value is -1.68. The average molecular weight is 436 g/mol. The predicted molar refractivity (Wildman–Crippen MR) is 107 cm³/mol. The van der Waals surface area contributed by atoms with Gasteiger partial charge in [0.05, 0.1) is 16.6 Å². The molecule has 0 aliphatic carbocycles. The topological polar surface area (TPSA) is 80.5 Å². The largest absolute Gasteiger partial charge is 0.253 e. The van der Waals surface area contributed by atoms with Crippen LogP contribution in [0.15, 0.2) is 40.5 Å². The molecule has 4 heterocycles. The van der Waals surface area contributed by atoms with E-state index in [4.69, 9.17) is 11.6 Å². The van der Waals surface area contributed by atoms with E-state index in [-0.39, 0.29) is 17.0 Å². The molecule has 2 atom stereocenters. The van der Waals surface area contributed by atoms with Crippen LogP contribution in [-0.4, -0.2) is 44.6 Å². The van der Waals surface area contributed by atoms with Gasteiger partial charge in [-0.05, 0) is 49.8 Å². The lowest BCUT2D eigenvalue weighted by atomic mass is 9.85. The lowest BCUT2D eigenvalue weighted by molar-refractivity contribution is 0.159. The second-order valence-electron chi connectivity index (χ2n) is 7.06. The zero-order valence-corrected chi connectivity index (χ0v) is 17.5. The van der Waals surface area contributed by atoms with Gasteiger partial charge in [0.25, 0.3) is 5.78 Å². The zero-order chi connectivity index (χ0) is 19.5. The molecule has 0 amide bonds. The summed E-state index contributed by atoms with van der Waals surface area (Å²) in [5, 5.41) is 5.74. The summed E-state index contributed by atoms with van der Waals surface area (Å²) in [4.78, 5) is 9.14. The van der Waals surface area contributed by atoms with Gasteiger partial charge in [0, 0.05) is 29.2 Å². The van der Waals surface area contributed by atoms with E-state index in [1.807, 2.05) is 6.26 Å². The number of fused-ring (bicyclic) bond motifs is 6. The minimum Gasteiger partial charge on any atom is -0.219 e. The normalized spacial score (nSPS) is 22.4. The third-order valence-electron chi connectivity index (χ3n) is 5.52. The Balaban J connectivity index is 1.64. The lowest BCUT2D eigenvalue weighted by Crippen LogP contribution is -2.50. The maximum atomic E-state index is 13.5. The van der Waals surface area contributed by atoms with E-state index in [0.717, 1.165) is 30.5 Å². The molecule has 146 valence electrons. The van der Waals surface area contributed by atoms with E-state index in [1.54, 1.807) is 39.3 Å².